The van der Waals surface area contributed by atoms with Gasteiger partial charge in [0.05, 0.1) is 0 Å². The van der Waals surface area contributed by atoms with E-state index in [2.05, 4.69) is 328 Å². The van der Waals surface area contributed by atoms with Crippen molar-refractivity contribution in [2.24, 2.45) is 0 Å². The maximum absolute atomic E-state index is 6.32. The minimum absolute atomic E-state index is 0.913. The van der Waals surface area contributed by atoms with Gasteiger partial charge in [-0.05, 0) is 197 Å². The molecule has 0 N–H and O–H groups in total. The Kier molecular flexibility index (Phi) is 12.0. The number of hydrogen-bond acceptors (Lipinski definition) is 2. The summed E-state index contributed by atoms with van der Waals surface area (Å²) in [5.74, 6) is 0. The van der Waals surface area contributed by atoms with Gasteiger partial charge in [0, 0.05) is 21.5 Å². The van der Waals surface area contributed by atoms with Crippen molar-refractivity contribution in [2.45, 2.75) is 0 Å². The predicted octanol–water partition coefficient (Wildman–Crippen LogP) is 25.2. The molecule has 19 aromatic rings. The number of hydrogen-bond donors (Lipinski definition) is 0. The first kappa shape index (κ1) is 51.4. The molecular formula is C88H54O2. The van der Waals surface area contributed by atoms with Crippen LogP contribution in [0.2, 0.25) is 0 Å². The molecule has 2 aromatic heterocycles. The molecule has 0 unspecified atom stereocenters. The van der Waals surface area contributed by atoms with Gasteiger partial charge in [-0.1, -0.05) is 273 Å². The molecule has 0 bridgehead atoms. The van der Waals surface area contributed by atoms with Crippen LogP contribution in [0.3, 0.4) is 0 Å². The van der Waals surface area contributed by atoms with Crippen molar-refractivity contribution in [1.82, 2.24) is 0 Å². The largest absolute Gasteiger partial charge is 0.456 e. The first-order chi connectivity index (χ1) is 44.6. The lowest BCUT2D eigenvalue weighted by atomic mass is 9.84. The van der Waals surface area contributed by atoms with E-state index in [-0.39, 0.29) is 0 Å². The molecule has 2 heterocycles. The maximum atomic E-state index is 6.32. The molecule has 90 heavy (non-hydrogen) atoms. The quantitative estimate of drug-likeness (QED) is 0.155. The second-order valence-corrected chi connectivity index (χ2v) is 23.8. The van der Waals surface area contributed by atoms with E-state index < -0.39 is 0 Å². The molecule has 19 rings (SSSR count). The summed E-state index contributed by atoms with van der Waals surface area (Å²) in [6.07, 6.45) is 0. The molecule has 0 amide bonds. The fraction of sp³-hybridized carbons (Fsp3) is 0. The molecule has 0 atom stereocenters. The molecule has 0 fully saturated rings. The zero-order chi connectivity index (χ0) is 59.2. The van der Waals surface area contributed by atoms with Crippen LogP contribution < -0.4 is 0 Å². The average molecular weight is 1140 g/mol. The first-order valence-corrected chi connectivity index (χ1v) is 30.9. The number of furan rings is 2. The standard InChI is InChI=1S/C46H28O.C42H26O/c1-2-13-32-28-44-42(26-31(32)12-1)41-27-33(23-24-43(41)47-44)30-15-9-16-34(25-30)45-37-18-5-7-20-39(37)46(40-21-8-6-19-38(40)45)36-22-10-14-29-11-3-4-17-35(29)36;1-2-10-28(11-3-1)41-33-14-6-8-16-35(33)42(36-17-9-7-15-34(36)41)29-20-18-27(19-21-29)32-22-23-39-37(25-32)38-24-30-12-4-5-13-31(30)26-40(38)43-39/h1-28H;1-26H. The lowest BCUT2D eigenvalue weighted by Crippen LogP contribution is -1.92. The summed E-state index contributed by atoms with van der Waals surface area (Å²) in [6, 6.07) is 119. The Morgan fingerprint density at radius 1 is 0.144 bits per heavy atom. The van der Waals surface area contributed by atoms with Gasteiger partial charge >= 0.3 is 0 Å². The topological polar surface area (TPSA) is 26.3 Å². The van der Waals surface area contributed by atoms with Crippen molar-refractivity contribution in [3.63, 3.8) is 0 Å². The molecule has 0 saturated carbocycles. The molecule has 418 valence electrons. The van der Waals surface area contributed by atoms with Crippen molar-refractivity contribution >= 4 is 119 Å². The second-order valence-electron chi connectivity index (χ2n) is 23.8. The fourth-order valence-corrected chi connectivity index (χ4v) is 14.5. The van der Waals surface area contributed by atoms with Crippen LogP contribution in [0.5, 0.6) is 0 Å². The maximum Gasteiger partial charge on any atom is 0.136 e. The highest BCUT2D eigenvalue weighted by molar-refractivity contribution is 6.25. The highest BCUT2D eigenvalue weighted by atomic mass is 16.3. The van der Waals surface area contributed by atoms with Gasteiger partial charge in [-0.25, -0.2) is 0 Å². The number of rotatable bonds is 6. The molecule has 0 aliphatic rings. The normalized spacial score (nSPS) is 11.8. The third-order valence-electron chi connectivity index (χ3n) is 18.7. The minimum Gasteiger partial charge on any atom is -0.456 e. The third kappa shape index (κ3) is 8.49. The Bertz CT molecular complexity index is 5960. The summed E-state index contributed by atoms with van der Waals surface area (Å²) < 4.78 is 12.6. The zero-order valence-electron chi connectivity index (χ0n) is 49.0. The van der Waals surface area contributed by atoms with Gasteiger partial charge in [0.2, 0.25) is 0 Å². The highest BCUT2D eigenvalue weighted by Crippen LogP contribution is 2.48. The third-order valence-corrected chi connectivity index (χ3v) is 18.7. The minimum atomic E-state index is 0.913. The summed E-state index contributed by atoms with van der Waals surface area (Å²) in [5.41, 5.74) is 18.5. The summed E-state index contributed by atoms with van der Waals surface area (Å²) in [7, 11) is 0. The summed E-state index contributed by atoms with van der Waals surface area (Å²) in [6.45, 7) is 0. The molecule has 0 spiro atoms. The van der Waals surface area contributed by atoms with E-state index in [4.69, 9.17) is 8.83 Å². The summed E-state index contributed by atoms with van der Waals surface area (Å²) >= 11 is 0. The first-order valence-electron chi connectivity index (χ1n) is 30.9. The SMILES string of the molecule is c1cc(-c2ccc3oc4cc5ccccc5cc4c3c2)cc(-c2c3ccccc3c(-c3cccc4ccccc34)c3ccccc23)c1.c1ccc(-c2c3ccccc3c(-c3ccc(-c4ccc5oc6cc7ccccc7cc6c5c4)cc3)c3ccccc23)cc1. The van der Waals surface area contributed by atoms with Crippen LogP contribution in [0, 0.1) is 0 Å². The van der Waals surface area contributed by atoms with E-state index in [9.17, 15) is 0 Å². The Hall–Kier alpha value is -11.8. The molecule has 0 radical (unpaired) electrons. The Morgan fingerprint density at radius 3 is 0.956 bits per heavy atom. The van der Waals surface area contributed by atoms with Crippen molar-refractivity contribution in [3.8, 4) is 66.8 Å². The summed E-state index contributed by atoms with van der Waals surface area (Å²) in [5, 5.41) is 22.1. The van der Waals surface area contributed by atoms with Crippen LogP contribution in [-0.4, -0.2) is 0 Å². The fourth-order valence-electron chi connectivity index (χ4n) is 14.5. The lowest BCUT2D eigenvalue weighted by molar-refractivity contribution is 0.669. The van der Waals surface area contributed by atoms with Gasteiger partial charge in [-0.2, -0.15) is 0 Å². The molecule has 0 saturated heterocycles. The average Bonchev–Trinajstić information content (AvgIpc) is 1.31. The van der Waals surface area contributed by atoms with E-state index in [1.54, 1.807) is 0 Å². The van der Waals surface area contributed by atoms with Gasteiger partial charge in [-0.3, -0.25) is 0 Å². The molecular weight excluding hydrogens is 1090 g/mol. The summed E-state index contributed by atoms with van der Waals surface area (Å²) in [4.78, 5) is 0. The van der Waals surface area contributed by atoms with Gasteiger partial charge < -0.3 is 8.83 Å². The molecule has 2 heteroatoms. The van der Waals surface area contributed by atoms with Crippen LogP contribution in [0.1, 0.15) is 0 Å². The predicted molar refractivity (Wildman–Crippen MR) is 383 cm³/mol. The van der Waals surface area contributed by atoms with E-state index in [1.807, 2.05) is 0 Å². The van der Waals surface area contributed by atoms with Gasteiger partial charge in [0.25, 0.3) is 0 Å². The molecule has 0 aliphatic heterocycles. The van der Waals surface area contributed by atoms with E-state index in [0.717, 1.165) is 43.9 Å². The Labute approximate surface area is 519 Å². The van der Waals surface area contributed by atoms with Crippen molar-refractivity contribution in [1.29, 1.82) is 0 Å². The molecule has 2 nitrogen and oxygen atoms in total. The van der Waals surface area contributed by atoms with Crippen LogP contribution in [-0.2, 0) is 0 Å². The Balaban J connectivity index is 0.000000134. The molecule has 17 aromatic carbocycles. The van der Waals surface area contributed by atoms with Crippen molar-refractivity contribution in [2.75, 3.05) is 0 Å². The molecule has 0 aliphatic carbocycles. The van der Waals surface area contributed by atoms with Gasteiger partial charge in [-0.15, -0.1) is 0 Å². The Morgan fingerprint density at radius 2 is 0.456 bits per heavy atom. The van der Waals surface area contributed by atoms with Crippen LogP contribution >= 0.6 is 0 Å². The van der Waals surface area contributed by atoms with E-state index >= 15 is 0 Å². The lowest BCUT2D eigenvalue weighted by Gasteiger charge is -2.19. The monoisotopic (exact) mass is 1140 g/mol. The van der Waals surface area contributed by atoms with Crippen molar-refractivity contribution < 1.29 is 8.83 Å². The number of fused-ring (bicyclic) bond motifs is 13. The van der Waals surface area contributed by atoms with Gasteiger partial charge in [0.1, 0.15) is 22.3 Å². The smallest absolute Gasteiger partial charge is 0.136 e. The van der Waals surface area contributed by atoms with E-state index in [0.29, 0.717) is 0 Å². The highest BCUT2D eigenvalue weighted by Gasteiger charge is 2.21. The number of benzene rings is 17. The van der Waals surface area contributed by atoms with E-state index in [1.165, 1.54) is 142 Å². The van der Waals surface area contributed by atoms with Crippen LogP contribution in [0.4, 0.5) is 0 Å². The van der Waals surface area contributed by atoms with Crippen LogP contribution in [0.15, 0.2) is 336 Å². The zero-order valence-corrected chi connectivity index (χ0v) is 49.0. The van der Waals surface area contributed by atoms with Crippen molar-refractivity contribution in [3.05, 3.63) is 328 Å². The second kappa shape index (κ2) is 21.0. The van der Waals surface area contributed by atoms with Gasteiger partial charge in [0.15, 0.2) is 0 Å². The van der Waals surface area contributed by atoms with Crippen LogP contribution in [0.25, 0.3) is 186 Å².